The molecule has 0 aliphatic carbocycles. The van der Waals surface area contributed by atoms with Crippen LogP contribution in [-0.4, -0.2) is 18.1 Å². The molecule has 0 fully saturated rings. The fourth-order valence-electron chi connectivity index (χ4n) is 2.50. The van der Waals surface area contributed by atoms with Gasteiger partial charge in [-0.2, -0.15) is 8.78 Å². The van der Waals surface area contributed by atoms with Gasteiger partial charge in [0.25, 0.3) is 5.91 Å². The Morgan fingerprint density at radius 3 is 2.22 bits per heavy atom. The van der Waals surface area contributed by atoms with Gasteiger partial charge >= 0.3 is 0 Å². The molecule has 2 aromatic carbocycles. The topological polar surface area (TPSA) is 50.4 Å². The highest BCUT2D eigenvalue weighted by Crippen LogP contribution is 2.29. The molecule has 4 nitrogen and oxygen atoms in total. The summed E-state index contributed by atoms with van der Waals surface area (Å²) in [4.78, 5) is 12.1. The van der Waals surface area contributed by atoms with Crippen LogP contribution in [0.3, 0.4) is 0 Å². The largest absolute Gasteiger partial charge is 0.491 e. The Bertz CT molecular complexity index is 890. The number of para-hydroxylation sites is 1. The second-order valence-electron chi connectivity index (χ2n) is 5.54. The summed E-state index contributed by atoms with van der Waals surface area (Å²) in [6, 6.07) is 5.49. The van der Waals surface area contributed by atoms with E-state index in [0.717, 1.165) is 18.2 Å². The standard InChI is InChI=1S/C18H16F4N2O2S/c1-4-9-7-5-6-8(2)15(9)23-18(27)24-17(25)10-11(19)13(21)16(26-3)14(22)12(10)20/h5-7H,4H2,1-3H3,(H2,23,24,25,27). The van der Waals surface area contributed by atoms with Crippen molar-refractivity contribution in [2.75, 3.05) is 12.4 Å². The SMILES string of the molecule is CCc1cccc(C)c1NC(=S)NC(=O)c1c(F)c(F)c(OC)c(F)c1F. The predicted octanol–water partition coefficient (Wildman–Crippen LogP) is 4.25. The third-order valence-corrected chi connectivity index (χ3v) is 4.06. The van der Waals surface area contributed by atoms with E-state index in [1.807, 2.05) is 24.4 Å². The number of aryl methyl sites for hydroxylation is 2. The summed E-state index contributed by atoms with van der Waals surface area (Å²) >= 11 is 4.98. The molecule has 0 aromatic heterocycles. The normalized spacial score (nSPS) is 10.5. The third-order valence-electron chi connectivity index (χ3n) is 3.86. The fourth-order valence-corrected chi connectivity index (χ4v) is 2.70. The number of hydrogen-bond donors (Lipinski definition) is 2. The van der Waals surface area contributed by atoms with Gasteiger partial charge < -0.3 is 10.1 Å². The fraction of sp³-hybridized carbons (Fsp3) is 0.222. The number of ether oxygens (including phenoxy) is 1. The number of hydrogen-bond acceptors (Lipinski definition) is 3. The van der Waals surface area contributed by atoms with Gasteiger partial charge in [0.05, 0.1) is 7.11 Å². The average molecular weight is 400 g/mol. The van der Waals surface area contributed by atoms with Crippen molar-refractivity contribution in [1.29, 1.82) is 0 Å². The number of amides is 1. The van der Waals surface area contributed by atoms with E-state index in [4.69, 9.17) is 12.2 Å². The zero-order chi connectivity index (χ0) is 20.3. The summed E-state index contributed by atoms with van der Waals surface area (Å²) in [5.41, 5.74) is 0.907. The van der Waals surface area contributed by atoms with E-state index in [9.17, 15) is 22.4 Å². The van der Waals surface area contributed by atoms with Crippen molar-refractivity contribution in [3.63, 3.8) is 0 Å². The Balaban J connectivity index is 2.30. The number of thiocarbonyl (C=S) groups is 1. The first-order valence-corrected chi connectivity index (χ1v) is 8.24. The quantitative estimate of drug-likeness (QED) is 0.458. The average Bonchev–Trinajstić information content (AvgIpc) is 2.62. The lowest BCUT2D eigenvalue weighted by molar-refractivity contribution is 0.0966. The van der Waals surface area contributed by atoms with E-state index < -0.39 is 40.5 Å². The van der Waals surface area contributed by atoms with Gasteiger partial charge in [0, 0.05) is 5.69 Å². The van der Waals surface area contributed by atoms with Crippen molar-refractivity contribution in [3.05, 3.63) is 58.2 Å². The Kier molecular flexibility index (Phi) is 6.37. The van der Waals surface area contributed by atoms with Crippen LogP contribution in [0.25, 0.3) is 0 Å². The number of anilines is 1. The molecule has 0 aliphatic rings. The van der Waals surface area contributed by atoms with Gasteiger partial charge in [-0.1, -0.05) is 25.1 Å². The van der Waals surface area contributed by atoms with E-state index in [2.05, 4.69) is 10.1 Å². The number of carbonyl (C=O) groups is 1. The molecule has 2 aromatic rings. The summed E-state index contributed by atoms with van der Waals surface area (Å²) in [5, 5.41) is 4.51. The van der Waals surface area contributed by atoms with Crippen LogP contribution >= 0.6 is 12.2 Å². The minimum absolute atomic E-state index is 0.278. The maximum Gasteiger partial charge on any atom is 0.263 e. The third kappa shape index (κ3) is 4.02. The molecular weight excluding hydrogens is 384 g/mol. The molecule has 2 rings (SSSR count). The molecule has 27 heavy (non-hydrogen) atoms. The second kappa shape index (κ2) is 8.34. The molecule has 0 saturated heterocycles. The van der Waals surface area contributed by atoms with Crippen molar-refractivity contribution in [2.45, 2.75) is 20.3 Å². The van der Waals surface area contributed by atoms with Crippen LogP contribution in [0.4, 0.5) is 23.2 Å². The van der Waals surface area contributed by atoms with Crippen molar-refractivity contribution < 1.29 is 27.1 Å². The Morgan fingerprint density at radius 1 is 1.11 bits per heavy atom. The van der Waals surface area contributed by atoms with Crippen LogP contribution in [0.2, 0.25) is 0 Å². The highest BCUT2D eigenvalue weighted by Gasteiger charge is 2.30. The highest BCUT2D eigenvalue weighted by atomic mass is 32.1. The maximum absolute atomic E-state index is 14.0. The summed E-state index contributed by atoms with van der Waals surface area (Å²) in [6.07, 6.45) is 0.665. The molecule has 0 atom stereocenters. The summed E-state index contributed by atoms with van der Waals surface area (Å²) in [6.45, 7) is 3.72. The van der Waals surface area contributed by atoms with Gasteiger partial charge in [-0.15, -0.1) is 0 Å². The second-order valence-corrected chi connectivity index (χ2v) is 5.94. The lowest BCUT2D eigenvalue weighted by Crippen LogP contribution is -2.36. The van der Waals surface area contributed by atoms with Gasteiger partial charge in [-0.3, -0.25) is 10.1 Å². The van der Waals surface area contributed by atoms with E-state index in [0.29, 0.717) is 12.1 Å². The van der Waals surface area contributed by atoms with E-state index >= 15 is 0 Å². The van der Waals surface area contributed by atoms with Crippen LogP contribution in [-0.2, 0) is 6.42 Å². The van der Waals surface area contributed by atoms with Gasteiger partial charge in [-0.25, -0.2) is 8.78 Å². The Hall–Kier alpha value is -2.68. The zero-order valence-corrected chi connectivity index (χ0v) is 15.5. The van der Waals surface area contributed by atoms with Crippen molar-refractivity contribution in [2.24, 2.45) is 0 Å². The highest BCUT2D eigenvalue weighted by molar-refractivity contribution is 7.80. The first-order valence-electron chi connectivity index (χ1n) is 7.83. The molecule has 0 aliphatic heterocycles. The molecule has 9 heteroatoms. The van der Waals surface area contributed by atoms with E-state index in [-0.39, 0.29) is 5.11 Å². The molecular formula is C18H16F4N2O2S. The molecule has 1 amide bonds. The number of carbonyl (C=O) groups excluding carboxylic acids is 1. The van der Waals surface area contributed by atoms with E-state index in [1.165, 1.54) is 0 Å². The monoisotopic (exact) mass is 400 g/mol. The molecule has 0 unspecified atom stereocenters. The number of halogens is 4. The molecule has 0 saturated carbocycles. The van der Waals surface area contributed by atoms with Crippen molar-refractivity contribution in [1.82, 2.24) is 5.32 Å². The van der Waals surface area contributed by atoms with E-state index in [1.54, 1.807) is 13.0 Å². The Labute approximate surface area is 158 Å². The van der Waals surface area contributed by atoms with Crippen molar-refractivity contribution >= 4 is 28.9 Å². The first-order chi connectivity index (χ1) is 12.7. The lowest BCUT2D eigenvalue weighted by atomic mass is 10.1. The molecule has 2 N–H and O–H groups in total. The summed E-state index contributed by atoms with van der Waals surface area (Å²) in [5.74, 6) is -10.1. The van der Waals surface area contributed by atoms with Gasteiger partial charge in [0.15, 0.2) is 22.5 Å². The molecule has 0 spiro atoms. The molecule has 144 valence electrons. The molecule has 0 radical (unpaired) electrons. The van der Waals surface area contributed by atoms with Crippen LogP contribution in [0.1, 0.15) is 28.4 Å². The number of methoxy groups -OCH3 is 1. The van der Waals surface area contributed by atoms with Crippen LogP contribution in [0, 0.1) is 30.2 Å². The summed E-state index contributed by atoms with van der Waals surface area (Å²) < 4.78 is 59.8. The smallest absolute Gasteiger partial charge is 0.263 e. The minimum Gasteiger partial charge on any atom is -0.491 e. The predicted molar refractivity (Wildman–Crippen MR) is 97.1 cm³/mol. The Morgan fingerprint density at radius 2 is 1.70 bits per heavy atom. The summed E-state index contributed by atoms with van der Waals surface area (Å²) in [7, 11) is 0.840. The van der Waals surface area contributed by atoms with Crippen LogP contribution in [0.5, 0.6) is 5.75 Å². The minimum atomic E-state index is -1.88. The molecule has 0 heterocycles. The lowest BCUT2D eigenvalue weighted by Gasteiger charge is -2.16. The first kappa shape index (κ1) is 20.6. The van der Waals surface area contributed by atoms with Gasteiger partial charge in [0.2, 0.25) is 11.6 Å². The zero-order valence-electron chi connectivity index (χ0n) is 14.7. The number of benzene rings is 2. The number of nitrogens with one attached hydrogen (secondary N) is 2. The van der Waals surface area contributed by atoms with Crippen LogP contribution in [0.15, 0.2) is 18.2 Å². The molecule has 0 bridgehead atoms. The van der Waals surface area contributed by atoms with Gasteiger partial charge in [-0.05, 0) is 36.7 Å². The van der Waals surface area contributed by atoms with Gasteiger partial charge in [0.1, 0.15) is 5.56 Å². The van der Waals surface area contributed by atoms with Crippen molar-refractivity contribution in [3.8, 4) is 5.75 Å². The number of rotatable bonds is 4. The maximum atomic E-state index is 14.0. The van der Waals surface area contributed by atoms with Crippen LogP contribution < -0.4 is 15.4 Å².